The zero-order valence-electron chi connectivity index (χ0n) is 18.3. The van der Waals surface area contributed by atoms with Gasteiger partial charge in [-0.25, -0.2) is 8.42 Å². The van der Waals surface area contributed by atoms with Crippen LogP contribution in [0.1, 0.15) is 29.5 Å². The van der Waals surface area contributed by atoms with Crippen LogP contribution in [0.3, 0.4) is 0 Å². The number of rotatable bonds is 9. The van der Waals surface area contributed by atoms with Gasteiger partial charge in [0.25, 0.3) is 0 Å². The normalized spacial score (nSPS) is 15.8. The molecule has 2 aromatic rings. The molecule has 0 N–H and O–H groups in total. The van der Waals surface area contributed by atoms with Crippen molar-refractivity contribution >= 4 is 10.0 Å². The van der Waals surface area contributed by atoms with Gasteiger partial charge in [-0.1, -0.05) is 24.3 Å². The molecule has 0 radical (unpaired) electrons. The van der Waals surface area contributed by atoms with Crippen molar-refractivity contribution < 1.29 is 13.2 Å². The van der Waals surface area contributed by atoms with Gasteiger partial charge in [-0.3, -0.25) is 4.90 Å². The van der Waals surface area contributed by atoms with Crippen molar-refractivity contribution in [1.82, 2.24) is 9.21 Å². The number of methoxy groups -OCH3 is 1. The van der Waals surface area contributed by atoms with Crippen LogP contribution in [0.4, 0.5) is 0 Å². The van der Waals surface area contributed by atoms with Crippen molar-refractivity contribution in [1.29, 1.82) is 5.26 Å². The quantitative estimate of drug-likeness (QED) is 0.597. The van der Waals surface area contributed by atoms with Crippen LogP contribution in [-0.4, -0.2) is 58.0 Å². The molecule has 1 aliphatic rings. The number of hydrogen-bond donors (Lipinski definition) is 0. The molecule has 0 spiro atoms. The molecule has 3 rings (SSSR count). The van der Waals surface area contributed by atoms with Gasteiger partial charge < -0.3 is 4.74 Å². The van der Waals surface area contributed by atoms with Crippen molar-refractivity contribution in [2.75, 3.05) is 40.4 Å². The van der Waals surface area contributed by atoms with Gasteiger partial charge in [0.15, 0.2) is 0 Å². The molecule has 0 aromatic heterocycles. The Bertz CT molecular complexity index is 974. The summed E-state index contributed by atoms with van der Waals surface area (Å²) in [5.41, 5.74) is 3.05. The summed E-state index contributed by atoms with van der Waals surface area (Å²) in [6, 6.07) is 16.9. The second kappa shape index (κ2) is 10.9. The van der Waals surface area contributed by atoms with E-state index in [1.807, 2.05) is 6.07 Å². The van der Waals surface area contributed by atoms with E-state index in [4.69, 9.17) is 10.00 Å². The van der Waals surface area contributed by atoms with Crippen molar-refractivity contribution in [3.63, 3.8) is 0 Å². The van der Waals surface area contributed by atoms with Gasteiger partial charge >= 0.3 is 0 Å². The van der Waals surface area contributed by atoms with Crippen LogP contribution < -0.4 is 0 Å². The first-order chi connectivity index (χ1) is 14.9. The minimum absolute atomic E-state index is 0.260. The molecular weight excluding hydrogens is 410 g/mol. The number of likely N-dealkylation sites (N-methyl/N-ethyl adjacent to an activating group) is 1. The number of sulfonamides is 1. The molecule has 7 heteroatoms. The lowest BCUT2D eigenvalue weighted by atomic mass is 9.91. The fourth-order valence-corrected chi connectivity index (χ4v) is 5.43. The lowest BCUT2D eigenvalue weighted by Crippen LogP contribution is -2.38. The van der Waals surface area contributed by atoms with Gasteiger partial charge in [0, 0.05) is 33.3 Å². The Morgan fingerprint density at radius 2 is 1.68 bits per heavy atom. The van der Waals surface area contributed by atoms with Crippen LogP contribution in [0.2, 0.25) is 0 Å². The maximum Gasteiger partial charge on any atom is 0.243 e. The van der Waals surface area contributed by atoms with E-state index in [2.05, 4.69) is 36.2 Å². The van der Waals surface area contributed by atoms with E-state index in [9.17, 15) is 8.42 Å². The van der Waals surface area contributed by atoms with Crippen LogP contribution in [-0.2, 0) is 27.7 Å². The van der Waals surface area contributed by atoms with E-state index < -0.39 is 10.0 Å². The first-order valence-electron chi connectivity index (χ1n) is 10.7. The lowest BCUT2D eigenvalue weighted by molar-refractivity contribution is 0.158. The molecule has 0 unspecified atom stereocenters. The highest BCUT2D eigenvalue weighted by atomic mass is 32.2. The Hall–Kier alpha value is -2.24. The Labute approximate surface area is 186 Å². The number of ether oxygens (including phenoxy) is 1. The second-order valence-corrected chi connectivity index (χ2v) is 10.2. The molecule has 6 nitrogen and oxygen atoms in total. The third kappa shape index (κ3) is 6.37. The van der Waals surface area contributed by atoms with E-state index in [0.717, 1.165) is 39.0 Å². The van der Waals surface area contributed by atoms with Gasteiger partial charge in [0.2, 0.25) is 10.0 Å². The minimum atomic E-state index is -3.50. The van der Waals surface area contributed by atoms with Gasteiger partial charge in [-0.05, 0) is 67.6 Å². The van der Waals surface area contributed by atoms with E-state index in [0.29, 0.717) is 24.6 Å². The zero-order chi connectivity index (χ0) is 22.3. The number of benzene rings is 2. The van der Waals surface area contributed by atoms with E-state index in [1.54, 1.807) is 23.5 Å². The van der Waals surface area contributed by atoms with Gasteiger partial charge in [0.05, 0.1) is 23.1 Å². The average molecular weight is 442 g/mol. The molecular formula is C24H31N3O3S. The maximum atomic E-state index is 12.9. The van der Waals surface area contributed by atoms with E-state index in [-0.39, 0.29) is 4.90 Å². The first kappa shape index (κ1) is 23.4. The lowest BCUT2D eigenvalue weighted by Gasteiger charge is -2.31. The topological polar surface area (TPSA) is 73.6 Å². The second-order valence-electron chi connectivity index (χ2n) is 8.23. The molecule has 0 amide bonds. The predicted octanol–water partition coefficient (Wildman–Crippen LogP) is 3.28. The summed E-state index contributed by atoms with van der Waals surface area (Å²) in [6.07, 6.45) is 2.69. The molecule has 1 fully saturated rings. The summed E-state index contributed by atoms with van der Waals surface area (Å²) in [5.74, 6) is 0.489. The maximum absolute atomic E-state index is 12.9. The third-order valence-electron chi connectivity index (χ3n) is 5.87. The summed E-state index contributed by atoms with van der Waals surface area (Å²) in [7, 11) is 0.311. The molecule has 31 heavy (non-hydrogen) atoms. The first-order valence-corrected chi connectivity index (χ1v) is 12.1. The standard InChI is InChI=1S/C24H31N3O3S/c1-26(15-16-30-2)19-23-5-3-20(4-6-23)17-21-11-13-27(14-12-21)31(28,29)24-9-7-22(18-25)8-10-24/h3-10,21H,11-17,19H2,1-2H3. The summed E-state index contributed by atoms with van der Waals surface area (Å²) in [4.78, 5) is 2.50. The summed E-state index contributed by atoms with van der Waals surface area (Å²) in [5, 5.41) is 8.90. The number of nitriles is 1. The van der Waals surface area contributed by atoms with E-state index >= 15 is 0 Å². The molecule has 2 aromatic carbocycles. The van der Waals surface area contributed by atoms with Crippen LogP contribution in [0.25, 0.3) is 0 Å². The number of nitrogens with zero attached hydrogens (tertiary/aromatic N) is 3. The SMILES string of the molecule is COCCN(C)Cc1ccc(CC2CCN(S(=O)(=O)c3ccc(C#N)cc3)CC2)cc1. The average Bonchev–Trinajstić information content (AvgIpc) is 2.79. The molecule has 1 heterocycles. The smallest absolute Gasteiger partial charge is 0.243 e. The molecule has 1 aliphatic heterocycles. The van der Waals surface area contributed by atoms with Gasteiger partial charge in [0.1, 0.15) is 0 Å². The van der Waals surface area contributed by atoms with Crippen LogP contribution >= 0.6 is 0 Å². The monoisotopic (exact) mass is 441 g/mol. The third-order valence-corrected chi connectivity index (χ3v) is 7.78. The molecule has 0 saturated carbocycles. The van der Waals surface area contributed by atoms with Crippen molar-refractivity contribution in [2.45, 2.75) is 30.7 Å². The van der Waals surface area contributed by atoms with Crippen LogP contribution in [0, 0.1) is 17.2 Å². The largest absolute Gasteiger partial charge is 0.383 e. The highest BCUT2D eigenvalue weighted by molar-refractivity contribution is 7.89. The van der Waals surface area contributed by atoms with Crippen LogP contribution in [0.5, 0.6) is 0 Å². The summed E-state index contributed by atoms with van der Waals surface area (Å²) in [6.45, 7) is 3.61. The fourth-order valence-electron chi connectivity index (χ4n) is 3.96. The Morgan fingerprint density at radius 3 is 2.26 bits per heavy atom. The number of hydrogen-bond acceptors (Lipinski definition) is 5. The van der Waals surface area contributed by atoms with Gasteiger partial charge in [-0.15, -0.1) is 0 Å². The fraction of sp³-hybridized carbons (Fsp3) is 0.458. The summed E-state index contributed by atoms with van der Waals surface area (Å²) < 4.78 is 32.4. The highest BCUT2D eigenvalue weighted by Gasteiger charge is 2.29. The van der Waals surface area contributed by atoms with Gasteiger partial charge in [-0.2, -0.15) is 9.57 Å². The molecule has 166 valence electrons. The van der Waals surface area contributed by atoms with Crippen molar-refractivity contribution in [3.05, 3.63) is 65.2 Å². The Kier molecular flexibility index (Phi) is 8.22. The van der Waals surface area contributed by atoms with E-state index in [1.165, 1.54) is 23.3 Å². The Balaban J connectivity index is 1.51. The van der Waals surface area contributed by atoms with Crippen molar-refractivity contribution in [3.8, 4) is 6.07 Å². The molecule has 0 bridgehead atoms. The minimum Gasteiger partial charge on any atom is -0.383 e. The Morgan fingerprint density at radius 1 is 1.06 bits per heavy atom. The molecule has 0 atom stereocenters. The molecule has 0 aliphatic carbocycles. The highest BCUT2D eigenvalue weighted by Crippen LogP contribution is 2.26. The summed E-state index contributed by atoms with van der Waals surface area (Å²) >= 11 is 0. The zero-order valence-corrected chi connectivity index (χ0v) is 19.1. The number of piperidine rings is 1. The predicted molar refractivity (Wildman–Crippen MR) is 121 cm³/mol. The van der Waals surface area contributed by atoms with Crippen molar-refractivity contribution in [2.24, 2.45) is 5.92 Å². The molecule has 1 saturated heterocycles. The van der Waals surface area contributed by atoms with Crippen LogP contribution in [0.15, 0.2) is 53.4 Å².